The molecule has 0 aliphatic carbocycles. The van der Waals surface area contributed by atoms with Gasteiger partial charge in [0, 0.05) is 174 Å². The molecule has 5 aliphatic heterocycles. The van der Waals surface area contributed by atoms with Gasteiger partial charge in [0.05, 0.1) is 163 Å². The van der Waals surface area contributed by atoms with Gasteiger partial charge in [-0.2, -0.15) is 0 Å². The summed E-state index contributed by atoms with van der Waals surface area (Å²) in [7, 11) is -4.65. The van der Waals surface area contributed by atoms with Crippen LogP contribution in [-0.2, 0) is 59.7 Å². The van der Waals surface area contributed by atoms with Crippen LogP contribution in [0, 0.1) is 0 Å². The van der Waals surface area contributed by atoms with Gasteiger partial charge < -0.3 is 133 Å². The number of rotatable bonds is 86. The van der Waals surface area contributed by atoms with E-state index in [0.29, 0.717) is 105 Å². The number of nitrogens with one attached hydrogen (secondary N) is 11. The van der Waals surface area contributed by atoms with Gasteiger partial charge in [-0.25, -0.2) is 9.97 Å². The number of aliphatic hydroxyl groups is 1. The molecule has 6 aromatic heterocycles. The van der Waals surface area contributed by atoms with Gasteiger partial charge in [0.25, 0.3) is 0 Å². The molecule has 2 unspecified atom stereocenters. The van der Waals surface area contributed by atoms with Crippen molar-refractivity contribution in [2.75, 3.05) is 289 Å². The van der Waals surface area contributed by atoms with Crippen LogP contribution in [0.3, 0.4) is 0 Å². The van der Waals surface area contributed by atoms with E-state index in [2.05, 4.69) is 146 Å². The number of epoxide rings is 1. The topological polar surface area (TPSA) is 375 Å². The number of hydrogen-bond donors (Lipinski definition) is 12. The molecular weight excluding hydrogens is 1890 g/mol. The minimum Gasteiger partial charge on any atom is -0.491 e. The Morgan fingerprint density at radius 1 is 0.315 bits per heavy atom. The predicted molar refractivity (Wildman–Crippen MR) is 582 cm³/mol. The number of pyridine rings is 6. The van der Waals surface area contributed by atoms with Crippen molar-refractivity contribution in [2.24, 2.45) is 0 Å². The quantitative estimate of drug-likeness (QED) is 0.00957. The van der Waals surface area contributed by atoms with E-state index in [9.17, 15) is 5.11 Å². The van der Waals surface area contributed by atoms with Crippen molar-refractivity contribution >= 4 is 17.6 Å². The number of ether oxygens (including phenoxy) is 9. The van der Waals surface area contributed by atoms with Gasteiger partial charge in [-0.3, -0.25) is 24.8 Å². The van der Waals surface area contributed by atoms with Crippen LogP contribution in [-0.4, -0.2) is 371 Å². The standard InChI is InChI=1S/C55H87N9O8Si.C46H71N9O3.C9H16O5Si/c1-2-56-25-26-59-28-27-57-21-10-6-4-3-5-7-11-22-58-29-32-64(43-49(65)44-68-34-14-40-73-70-45-51(72-73)46-71-73)33-30-60-31-35-66-36-37-67-38-39-69-50-19-17-47(18-20-50)48-41-54(52-15-8-12-23-61-52)63-55(42-48)53-16-9-13-24-62-53;1-2-47-24-25-50-28-26-48-20-10-6-4-3-5-7-11-21-49-27-29-51-30-31-52-32-33-56-34-35-57-36-37-58-42-18-16-40(17-19-42)41-38-45(43-14-8-12-22-53-43)55-46(39-41)44-15-9-13-23-54-44;1(2-10-4-8-5-11-8)3-15-12-6-9(14-15)7-13-15/h8-9,12-13,15-20,23-24,41-42,49,51,56-60,65H,2-7,10-11,14,21-22,25-40,43-46H2,1H3;8-9,12-19,22-23,38-39,47-52H,2-7,10-11,20-21,24-37H2,1H3;8-9H,1-7H2. The molecule has 12 N–H and O–H groups in total. The number of aromatic nitrogens is 6. The van der Waals surface area contributed by atoms with E-state index < -0.39 is 23.7 Å². The molecule has 0 radical (unpaired) electrons. The van der Waals surface area contributed by atoms with Crippen LogP contribution >= 0.6 is 0 Å². The average molecular weight is 2060 g/mol. The molecule has 13 rings (SSSR count). The van der Waals surface area contributed by atoms with Crippen LogP contribution < -0.4 is 68.0 Å². The van der Waals surface area contributed by atoms with Crippen LogP contribution in [0.5, 0.6) is 11.5 Å². The van der Waals surface area contributed by atoms with Crippen molar-refractivity contribution in [3.05, 3.63) is 170 Å². The largest absolute Gasteiger partial charge is 0.501 e. The fourth-order valence-corrected chi connectivity index (χ4v) is 22.3. The SMILES string of the molecule is C(COCC1CO1)C[Si]12OCC(CO1)O2.CCNCCNCCNCCCCCCCCCNCCN(CCNCCOCCOCCOc1ccc(-c2cc(-c3ccccn3)nc(-c3ccccn3)c2)cc1)CC(O)COCCC[Si]12OCC(CO1)O2.CCNCCNCCNCCCCCCCCCNCCNCCNCCOCCOCCOc1ccc(-c2cc(-c3ccccn3)nc(-c3ccccn3)c2)cc1. The summed E-state index contributed by atoms with van der Waals surface area (Å²) in [6.45, 7) is 39.7. The lowest BCUT2D eigenvalue weighted by atomic mass is 10.0. The van der Waals surface area contributed by atoms with Gasteiger partial charge in [-0.15, -0.1) is 0 Å². The lowest BCUT2D eigenvalue weighted by molar-refractivity contribution is 0.0162. The molecule has 8 aromatic rings. The average Bonchev–Trinajstić information content (AvgIpc) is 1.64. The third-order valence-electron chi connectivity index (χ3n) is 25.0. The molecule has 4 bridgehead atoms. The minimum atomic E-state index is -2.45. The van der Waals surface area contributed by atoms with Gasteiger partial charge in [0.2, 0.25) is 0 Å². The molecule has 5 aliphatic rings. The highest BCUT2D eigenvalue weighted by Gasteiger charge is 2.55. The molecule has 11 heterocycles. The molecule has 36 heteroatoms. The number of fused-ring (bicyclic) bond motifs is 4. The second kappa shape index (κ2) is 75.9. The van der Waals surface area contributed by atoms with E-state index in [1.807, 2.05) is 97.1 Å². The summed E-state index contributed by atoms with van der Waals surface area (Å²) in [6.07, 6.45) is 27.3. The second-order valence-corrected chi connectivity index (χ2v) is 42.4. The van der Waals surface area contributed by atoms with Gasteiger partial charge >= 0.3 is 17.6 Å². The van der Waals surface area contributed by atoms with Crippen molar-refractivity contribution in [3.63, 3.8) is 0 Å². The first kappa shape index (κ1) is 119. The molecule has 5 saturated heterocycles. The smallest absolute Gasteiger partial charge is 0.491 e. The third-order valence-corrected chi connectivity index (χ3v) is 30.7. The van der Waals surface area contributed by atoms with E-state index in [4.69, 9.17) is 79.2 Å². The number of hydrogen-bond acceptors (Lipinski definition) is 34. The maximum absolute atomic E-state index is 10.9. The van der Waals surface area contributed by atoms with Gasteiger partial charge in [-0.05, 0) is 197 Å². The zero-order valence-corrected chi connectivity index (χ0v) is 89.5. The molecule has 808 valence electrons. The molecular formula is C110H174N18O16Si2. The summed E-state index contributed by atoms with van der Waals surface area (Å²) >= 11 is 0. The Morgan fingerprint density at radius 3 is 0.966 bits per heavy atom. The summed E-state index contributed by atoms with van der Waals surface area (Å²) < 4.78 is 85.8. The highest BCUT2D eigenvalue weighted by Crippen LogP contribution is 2.36. The number of unbranched alkanes of at least 4 members (excludes halogenated alkanes) is 12. The highest BCUT2D eigenvalue weighted by molar-refractivity contribution is 6.62. The molecule has 0 saturated carbocycles. The van der Waals surface area contributed by atoms with Crippen molar-refractivity contribution in [2.45, 2.75) is 153 Å². The summed E-state index contributed by atoms with van der Waals surface area (Å²) in [5, 5.41) is 49.2. The maximum atomic E-state index is 10.9. The van der Waals surface area contributed by atoms with Crippen molar-refractivity contribution in [3.8, 4) is 79.3 Å². The van der Waals surface area contributed by atoms with Crippen LogP contribution in [0.4, 0.5) is 0 Å². The zero-order valence-electron chi connectivity index (χ0n) is 87.5. The van der Waals surface area contributed by atoms with E-state index in [0.717, 1.165) is 294 Å². The molecule has 0 amide bonds. The molecule has 2 aromatic carbocycles. The van der Waals surface area contributed by atoms with Crippen LogP contribution in [0.15, 0.2) is 170 Å². The van der Waals surface area contributed by atoms with Crippen molar-refractivity contribution in [1.82, 2.24) is 93.3 Å². The molecule has 2 atom stereocenters. The van der Waals surface area contributed by atoms with E-state index in [1.54, 1.807) is 24.8 Å². The van der Waals surface area contributed by atoms with Gasteiger partial charge in [0.1, 0.15) is 30.8 Å². The van der Waals surface area contributed by atoms with Crippen molar-refractivity contribution < 1.29 is 74.3 Å². The Hall–Kier alpha value is -7.67. The monoisotopic (exact) mass is 2060 g/mol. The molecule has 146 heavy (non-hydrogen) atoms. The lowest BCUT2D eigenvalue weighted by Gasteiger charge is -2.25. The Balaban J connectivity index is 0.000000246. The normalized spacial score (nSPS) is 17.2. The fourth-order valence-electron chi connectivity index (χ4n) is 16.9. The van der Waals surface area contributed by atoms with Crippen LogP contribution in [0.25, 0.3) is 67.8 Å². The fraction of sp³-hybridized carbons (Fsp3) is 0.618. The summed E-state index contributed by atoms with van der Waals surface area (Å²) in [5.41, 5.74) is 10.6. The minimum absolute atomic E-state index is 0.110. The zero-order chi connectivity index (χ0) is 101. The third kappa shape index (κ3) is 51.0. The molecule has 34 nitrogen and oxygen atoms in total. The van der Waals surface area contributed by atoms with Gasteiger partial charge in [0.15, 0.2) is 0 Å². The summed E-state index contributed by atoms with van der Waals surface area (Å²) in [6, 6.07) is 49.4. The number of likely N-dealkylation sites (N-methyl/N-ethyl adjacent to an activating group) is 2. The number of aliphatic hydroxyl groups excluding tert-OH is 1. The molecule has 0 spiro atoms. The summed E-state index contributed by atoms with van der Waals surface area (Å²) in [5.74, 6) is 1.57. The predicted octanol–water partition coefficient (Wildman–Crippen LogP) is 11.2. The van der Waals surface area contributed by atoms with E-state index >= 15 is 0 Å². The van der Waals surface area contributed by atoms with E-state index in [1.165, 1.54) is 89.9 Å². The van der Waals surface area contributed by atoms with Crippen LogP contribution in [0.1, 0.15) is 117 Å². The Morgan fingerprint density at radius 2 is 0.630 bits per heavy atom. The van der Waals surface area contributed by atoms with E-state index in [-0.39, 0.29) is 12.2 Å². The Bertz CT molecular complexity index is 4420. The highest BCUT2D eigenvalue weighted by atomic mass is 28.4. The first-order chi connectivity index (χ1) is 72.3. The first-order valence-electron chi connectivity index (χ1n) is 54.6. The Labute approximate surface area is 872 Å². The summed E-state index contributed by atoms with van der Waals surface area (Å²) in [4.78, 5) is 30.1. The van der Waals surface area contributed by atoms with Gasteiger partial charge in [-0.1, -0.05) is 127 Å². The first-order valence-corrected chi connectivity index (χ1v) is 58.5. The van der Waals surface area contributed by atoms with Crippen molar-refractivity contribution in [1.29, 1.82) is 0 Å². The Kier molecular flexibility index (Phi) is 61.7. The second-order valence-electron chi connectivity index (χ2n) is 37.1. The lowest BCUT2D eigenvalue weighted by Crippen LogP contribution is -2.42. The number of nitrogens with zero attached hydrogens (tertiary/aromatic N) is 7. The number of benzene rings is 2. The van der Waals surface area contributed by atoms with Crippen LogP contribution in [0.2, 0.25) is 12.1 Å². The molecule has 5 fully saturated rings. The maximum Gasteiger partial charge on any atom is 0.501 e.